The predicted octanol–water partition coefficient (Wildman–Crippen LogP) is 2.74. The Bertz CT molecular complexity index is 307. The maximum atomic E-state index is 9.91. The molecule has 1 unspecified atom stereocenters. The van der Waals surface area contributed by atoms with E-state index < -0.39 is 0 Å². The lowest BCUT2D eigenvalue weighted by Crippen LogP contribution is -1.97. The van der Waals surface area contributed by atoms with Crippen LogP contribution < -0.4 is 0 Å². The molecule has 0 aromatic rings. The monoisotopic (exact) mass is 218 g/mol. The number of carbonyl (C=O) groups excluding carboxylic acids is 1. The molecule has 0 rings (SSSR count). The molecule has 0 aliphatic rings. The molecule has 16 heavy (non-hydrogen) atoms. The lowest BCUT2D eigenvalue weighted by atomic mass is 10.2. The molecular weight excluding hydrogens is 200 g/mol. The van der Waals surface area contributed by atoms with Crippen molar-refractivity contribution < 1.29 is 9.90 Å². The van der Waals surface area contributed by atoms with E-state index in [9.17, 15) is 9.90 Å². The van der Waals surface area contributed by atoms with Gasteiger partial charge in [0.15, 0.2) is 0 Å². The lowest BCUT2D eigenvalue weighted by Gasteiger charge is -1.95. The van der Waals surface area contributed by atoms with Gasteiger partial charge in [0.25, 0.3) is 0 Å². The highest BCUT2D eigenvalue weighted by molar-refractivity contribution is 5.65. The van der Waals surface area contributed by atoms with Crippen LogP contribution in [0, 0.1) is 0 Å². The van der Waals surface area contributed by atoms with Gasteiger partial charge in [0, 0.05) is 0 Å². The molecule has 0 aromatic carbocycles. The van der Waals surface area contributed by atoms with Crippen LogP contribution in [-0.4, -0.2) is 17.5 Å². The maximum absolute atomic E-state index is 9.91. The molecule has 0 amide bonds. The van der Waals surface area contributed by atoms with E-state index in [4.69, 9.17) is 0 Å². The van der Waals surface area contributed by atoms with Crippen LogP contribution >= 0.6 is 0 Å². The van der Waals surface area contributed by atoms with Crippen molar-refractivity contribution in [2.75, 3.05) is 0 Å². The van der Waals surface area contributed by atoms with Crippen LogP contribution in [0.25, 0.3) is 0 Å². The molecule has 0 heterocycles. The molecule has 2 heteroatoms. The second-order valence-corrected chi connectivity index (χ2v) is 3.04. The van der Waals surface area contributed by atoms with E-state index in [1.165, 1.54) is 6.08 Å². The number of aliphatic hydroxyl groups excluding tert-OH is 1. The van der Waals surface area contributed by atoms with Crippen LogP contribution in [-0.2, 0) is 4.79 Å². The van der Waals surface area contributed by atoms with E-state index in [-0.39, 0.29) is 6.10 Å². The third-order valence-corrected chi connectivity index (χ3v) is 1.72. The number of rotatable bonds is 7. The molecule has 0 saturated carbocycles. The van der Waals surface area contributed by atoms with Crippen molar-refractivity contribution in [3.8, 4) is 0 Å². The van der Waals surface area contributed by atoms with Gasteiger partial charge in [-0.3, -0.25) is 4.79 Å². The second-order valence-electron chi connectivity index (χ2n) is 3.04. The average molecular weight is 218 g/mol. The summed E-state index contributed by atoms with van der Waals surface area (Å²) in [6.45, 7) is 1.93. The minimum absolute atomic E-state index is 0.359. The minimum Gasteiger partial charge on any atom is -0.389 e. The second kappa shape index (κ2) is 11.4. The van der Waals surface area contributed by atoms with Gasteiger partial charge in [0.2, 0.25) is 0 Å². The predicted molar refractivity (Wildman–Crippen MR) is 68.1 cm³/mol. The molecule has 0 radical (unpaired) electrons. The third kappa shape index (κ3) is 10.4. The first kappa shape index (κ1) is 14.3. The van der Waals surface area contributed by atoms with Gasteiger partial charge in [-0.25, -0.2) is 0 Å². The smallest absolute Gasteiger partial charge is 0.142 e. The summed E-state index contributed by atoms with van der Waals surface area (Å²) in [7, 11) is 0. The number of aliphatic hydroxyl groups is 1. The van der Waals surface area contributed by atoms with E-state index in [1.807, 2.05) is 43.4 Å². The summed E-state index contributed by atoms with van der Waals surface area (Å²) in [4.78, 5) is 9.91. The highest BCUT2D eigenvalue weighted by atomic mass is 16.3. The molecule has 86 valence electrons. The fraction of sp³-hybridized carbons (Fsp3) is 0.214. The van der Waals surface area contributed by atoms with Crippen molar-refractivity contribution in [1.29, 1.82) is 0 Å². The lowest BCUT2D eigenvalue weighted by molar-refractivity contribution is -0.104. The molecule has 0 fully saturated rings. The van der Waals surface area contributed by atoms with Gasteiger partial charge in [-0.2, -0.15) is 0 Å². The van der Waals surface area contributed by atoms with Crippen molar-refractivity contribution in [2.24, 2.45) is 0 Å². The van der Waals surface area contributed by atoms with Crippen molar-refractivity contribution in [1.82, 2.24) is 0 Å². The Morgan fingerprint density at radius 2 is 1.31 bits per heavy atom. The zero-order valence-electron chi connectivity index (χ0n) is 9.49. The number of hydrogen-bond donors (Lipinski definition) is 1. The number of hydrogen-bond acceptors (Lipinski definition) is 2. The molecule has 0 aromatic heterocycles. The third-order valence-electron chi connectivity index (χ3n) is 1.72. The summed E-state index contributed by atoms with van der Waals surface area (Å²) in [5.41, 5.74) is 0. The van der Waals surface area contributed by atoms with Crippen LogP contribution in [0.5, 0.6) is 0 Å². The normalized spacial score (nSPS) is 15.1. The number of aldehydes is 1. The maximum Gasteiger partial charge on any atom is 0.142 e. The fourth-order valence-electron chi connectivity index (χ4n) is 0.823. The SMILES string of the molecule is CCC(O)/C=C/C=C/C=C/C=C/C=C/C=O. The summed E-state index contributed by atoms with van der Waals surface area (Å²) in [6, 6.07) is 0. The Kier molecular flexibility index (Phi) is 10.2. The van der Waals surface area contributed by atoms with Crippen molar-refractivity contribution in [3.63, 3.8) is 0 Å². The summed E-state index contributed by atoms with van der Waals surface area (Å²) in [5, 5.41) is 9.20. The first-order valence-electron chi connectivity index (χ1n) is 5.28. The molecule has 1 N–H and O–H groups in total. The molecule has 0 saturated heterocycles. The minimum atomic E-state index is -0.359. The molecule has 0 spiro atoms. The number of carbonyl (C=O) groups is 1. The highest BCUT2D eigenvalue weighted by Crippen LogP contribution is 1.91. The van der Waals surface area contributed by atoms with Crippen LogP contribution in [0.4, 0.5) is 0 Å². The van der Waals surface area contributed by atoms with Crippen LogP contribution in [0.2, 0.25) is 0 Å². The van der Waals surface area contributed by atoms with E-state index >= 15 is 0 Å². The van der Waals surface area contributed by atoms with E-state index in [1.54, 1.807) is 18.2 Å². The summed E-state index contributed by atoms with van der Waals surface area (Å²) in [6.07, 6.45) is 18.8. The Morgan fingerprint density at radius 3 is 1.75 bits per heavy atom. The van der Waals surface area contributed by atoms with E-state index in [2.05, 4.69) is 0 Å². The Morgan fingerprint density at radius 1 is 0.875 bits per heavy atom. The van der Waals surface area contributed by atoms with Crippen molar-refractivity contribution >= 4 is 6.29 Å². The zero-order chi connectivity index (χ0) is 12.1. The standard InChI is InChI=1S/C14H18O2/c1-2-14(16)12-10-8-6-4-3-5-7-9-11-13-15/h3-14,16H,2H2,1H3/b4-3+,7-5+,8-6+,11-9+,12-10+. The number of allylic oxidation sites excluding steroid dienone is 9. The summed E-state index contributed by atoms with van der Waals surface area (Å²) < 4.78 is 0. The van der Waals surface area contributed by atoms with Gasteiger partial charge < -0.3 is 5.11 Å². The summed E-state index contributed by atoms with van der Waals surface area (Å²) >= 11 is 0. The molecule has 0 aliphatic heterocycles. The van der Waals surface area contributed by atoms with Gasteiger partial charge in [-0.15, -0.1) is 0 Å². The molecule has 0 bridgehead atoms. The van der Waals surface area contributed by atoms with Crippen molar-refractivity contribution in [2.45, 2.75) is 19.4 Å². The first-order chi connectivity index (χ1) is 7.81. The van der Waals surface area contributed by atoms with Crippen LogP contribution in [0.1, 0.15) is 13.3 Å². The van der Waals surface area contributed by atoms with Gasteiger partial charge >= 0.3 is 0 Å². The quantitative estimate of drug-likeness (QED) is 0.405. The van der Waals surface area contributed by atoms with E-state index in [0.29, 0.717) is 0 Å². The van der Waals surface area contributed by atoms with Crippen molar-refractivity contribution in [3.05, 3.63) is 60.8 Å². The Balaban J connectivity index is 3.78. The Hall–Kier alpha value is -1.67. The fourth-order valence-corrected chi connectivity index (χ4v) is 0.823. The summed E-state index contributed by atoms with van der Waals surface area (Å²) in [5.74, 6) is 0. The van der Waals surface area contributed by atoms with Crippen LogP contribution in [0.3, 0.4) is 0 Å². The first-order valence-corrected chi connectivity index (χ1v) is 5.28. The average Bonchev–Trinajstić information content (AvgIpc) is 2.31. The van der Waals surface area contributed by atoms with Gasteiger partial charge in [-0.1, -0.05) is 61.6 Å². The Labute approximate surface area is 97.0 Å². The van der Waals surface area contributed by atoms with E-state index in [0.717, 1.165) is 12.7 Å². The van der Waals surface area contributed by atoms with Gasteiger partial charge in [-0.05, 0) is 12.5 Å². The molecular formula is C14H18O2. The largest absolute Gasteiger partial charge is 0.389 e. The highest BCUT2D eigenvalue weighted by Gasteiger charge is 1.88. The van der Waals surface area contributed by atoms with Gasteiger partial charge in [0.1, 0.15) is 6.29 Å². The molecule has 1 atom stereocenters. The zero-order valence-corrected chi connectivity index (χ0v) is 9.49. The van der Waals surface area contributed by atoms with Gasteiger partial charge in [0.05, 0.1) is 6.10 Å². The molecule has 0 aliphatic carbocycles. The topological polar surface area (TPSA) is 37.3 Å². The molecule has 2 nitrogen and oxygen atoms in total. The van der Waals surface area contributed by atoms with Crippen LogP contribution in [0.15, 0.2) is 60.8 Å².